The molecule has 2 unspecified atom stereocenters. The minimum Gasteiger partial charge on any atom is -0.391 e. The second-order valence-electron chi connectivity index (χ2n) is 6.05. The zero-order valence-electron chi connectivity index (χ0n) is 15.4. The molecule has 0 aliphatic heterocycles. The van der Waals surface area contributed by atoms with Crippen LogP contribution in [-0.4, -0.2) is 75.9 Å². The lowest BCUT2D eigenvalue weighted by Crippen LogP contribution is -2.20. The van der Waals surface area contributed by atoms with E-state index in [4.69, 9.17) is 11.1 Å². The standard InChI is InChI=1S/C14H16N14O2/c15-23-17-5-11(29)7-27-21-13(19-25-27)9-1-2-10(4-3-9)14-20-26-28(22-14)8-12(30)6-18-24-16/h1-4,11-12,29-30H,5-8H2. The molecule has 16 heteroatoms. The van der Waals surface area contributed by atoms with E-state index >= 15 is 0 Å². The Morgan fingerprint density at radius 2 is 1.20 bits per heavy atom. The van der Waals surface area contributed by atoms with Crippen LogP contribution in [0.5, 0.6) is 0 Å². The molecule has 154 valence electrons. The zero-order valence-corrected chi connectivity index (χ0v) is 15.4. The van der Waals surface area contributed by atoms with E-state index in [9.17, 15) is 10.2 Å². The van der Waals surface area contributed by atoms with Crippen molar-refractivity contribution in [1.82, 2.24) is 40.4 Å². The van der Waals surface area contributed by atoms with Crippen molar-refractivity contribution >= 4 is 0 Å². The van der Waals surface area contributed by atoms with Crippen LogP contribution in [0, 0.1) is 0 Å². The first-order chi connectivity index (χ1) is 14.6. The summed E-state index contributed by atoms with van der Waals surface area (Å²) in [6.45, 7) is -0.0814. The molecule has 0 saturated heterocycles. The van der Waals surface area contributed by atoms with Gasteiger partial charge in [0.2, 0.25) is 11.6 Å². The summed E-state index contributed by atoms with van der Waals surface area (Å²) in [6.07, 6.45) is -1.83. The second kappa shape index (κ2) is 9.90. The Balaban J connectivity index is 1.64. The van der Waals surface area contributed by atoms with Crippen LogP contribution in [0.2, 0.25) is 0 Å². The minimum atomic E-state index is -0.913. The third kappa shape index (κ3) is 5.46. The molecule has 16 nitrogen and oxygen atoms in total. The van der Waals surface area contributed by atoms with Crippen molar-refractivity contribution in [3.8, 4) is 22.8 Å². The summed E-state index contributed by atoms with van der Waals surface area (Å²) < 4.78 is 0. The van der Waals surface area contributed by atoms with Gasteiger partial charge in [-0.2, -0.15) is 9.59 Å². The van der Waals surface area contributed by atoms with E-state index in [1.165, 1.54) is 9.59 Å². The van der Waals surface area contributed by atoms with E-state index in [1.807, 2.05) is 0 Å². The molecule has 0 aliphatic carbocycles. The topological polar surface area (TPSA) is 225 Å². The molecule has 0 radical (unpaired) electrons. The molecule has 2 heterocycles. The maximum Gasteiger partial charge on any atom is 0.204 e. The molecule has 0 spiro atoms. The SMILES string of the molecule is [N-]=[N+]=NCC(O)Cn1nnc(-c2ccc(-c3nnn(CC(O)CN=[N+]=[N-])n3)cc2)n1. The average Bonchev–Trinajstić information content (AvgIpc) is 3.40. The van der Waals surface area contributed by atoms with Gasteiger partial charge in [0.15, 0.2) is 0 Å². The predicted octanol–water partition coefficient (Wildman–Crippen LogP) is 0.336. The van der Waals surface area contributed by atoms with E-state index in [-0.39, 0.29) is 26.2 Å². The monoisotopic (exact) mass is 412 g/mol. The molecule has 0 saturated carbocycles. The molecule has 3 rings (SSSR count). The van der Waals surface area contributed by atoms with Crippen molar-refractivity contribution in [3.63, 3.8) is 0 Å². The van der Waals surface area contributed by atoms with Crippen LogP contribution in [0.3, 0.4) is 0 Å². The molecule has 3 aromatic rings. The third-order valence-electron chi connectivity index (χ3n) is 3.77. The van der Waals surface area contributed by atoms with Crippen molar-refractivity contribution < 1.29 is 10.2 Å². The van der Waals surface area contributed by atoms with E-state index in [1.54, 1.807) is 24.3 Å². The van der Waals surface area contributed by atoms with E-state index in [0.29, 0.717) is 22.8 Å². The van der Waals surface area contributed by atoms with Gasteiger partial charge in [0.05, 0.1) is 38.4 Å². The summed E-state index contributed by atoms with van der Waals surface area (Å²) in [5, 5.41) is 50.0. The first kappa shape index (κ1) is 20.6. The Morgan fingerprint density at radius 3 is 1.57 bits per heavy atom. The molecule has 2 aromatic heterocycles. The number of benzene rings is 1. The highest BCUT2D eigenvalue weighted by atomic mass is 16.3. The molecule has 0 aliphatic rings. The Morgan fingerprint density at radius 1 is 0.800 bits per heavy atom. The number of nitrogens with zero attached hydrogens (tertiary/aromatic N) is 14. The first-order valence-corrected chi connectivity index (χ1v) is 8.63. The van der Waals surface area contributed by atoms with Gasteiger partial charge in [-0.3, -0.25) is 0 Å². The number of hydrogen-bond donors (Lipinski definition) is 2. The van der Waals surface area contributed by atoms with Gasteiger partial charge >= 0.3 is 0 Å². The summed E-state index contributed by atoms with van der Waals surface area (Å²) in [5.74, 6) is 0.714. The molecule has 0 amide bonds. The fourth-order valence-electron chi connectivity index (χ4n) is 2.39. The van der Waals surface area contributed by atoms with Gasteiger partial charge < -0.3 is 10.2 Å². The van der Waals surface area contributed by atoms with Crippen LogP contribution in [0.15, 0.2) is 34.5 Å². The van der Waals surface area contributed by atoms with Gasteiger partial charge in [0, 0.05) is 21.0 Å². The molecule has 30 heavy (non-hydrogen) atoms. The number of rotatable bonds is 10. The van der Waals surface area contributed by atoms with Crippen molar-refractivity contribution in [3.05, 3.63) is 45.2 Å². The van der Waals surface area contributed by atoms with Crippen LogP contribution in [0.1, 0.15) is 0 Å². The van der Waals surface area contributed by atoms with Gasteiger partial charge in [-0.25, -0.2) is 0 Å². The summed E-state index contributed by atoms with van der Waals surface area (Å²) in [6, 6.07) is 7.02. The summed E-state index contributed by atoms with van der Waals surface area (Å²) in [7, 11) is 0. The largest absolute Gasteiger partial charge is 0.391 e. The quantitative estimate of drug-likeness (QED) is 0.267. The Kier molecular flexibility index (Phi) is 6.81. The van der Waals surface area contributed by atoms with E-state index < -0.39 is 12.2 Å². The molecule has 2 N–H and O–H groups in total. The van der Waals surface area contributed by atoms with E-state index in [2.05, 4.69) is 50.9 Å². The number of aromatic nitrogens is 8. The van der Waals surface area contributed by atoms with Crippen molar-refractivity contribution in [1.29, 1.82) is 0 Å². The normalized spacial score (nSPS) is 12.6. The first-order valence-electron chi connectivity index (χ1n) is 8.63. The fraction of sp³-hybridized carbons (Fsp3) is 0.429. The van der Waals surface area contributed by atoms with Crippen LogP contribution in [0.4, 0.5) is 0 Å². The average molecular weight is 412 g/mol. The fourth-order valence-corrected chi connectivity index (χ4v) is 2.39. The van der Waals surface area contributed by atoms with Crippen LogP contribution < -0.4 is 0 Å². The summed E-state index contributed by atoms with van der Waals surface area (Å²) in [4.78, 5) is 7.60. The number of aliphatic hydroxyl groups excluding tert-OH is 2. The van der Waals surface area contributed by atoms with Crippen molar-refractivity contribution in [2.45, 2.75) is 25.3 Å². The van der Waals surface area contributed by atoms with Crippen molar-refractivity contribution in [2.24, 2.45) is 10.2 Å². The van der Waals surface area contributed by atoms with Crippen molar-refractivity contribution in [2.75, 3.05) is 13.1 Å². The highest BCUT2D eigenvalue weighted by molar-refractivity contribution is 5.62. The number of azide groups is 2. The second-order valence-corrected chi connectivity index (χ2v) is 6.05. The third-order valence-corrected chi connectivity index (χ3v) is 3.77. The smallest absolute Gasteiger partial charge is 0.204 e. The number of aliphatic hydroxyl groups is 2. The Labute approximate surface area is 168 Å². The molecule has 2 atom stereocenters. The highest BCUT2D eigenvalue weighted by Gasteiger charge is 2.12. The molecular formula is C14H16N14O2. The van der Waals surface area contributed by atoms with Gasteiger partial charge in [-0.1, -0.05) is 34.5 Å². The summed E-state index contributed by atoms with van der Waals surface area (Å²) >= 11 is 0. The Hall–Kier alpha value is -4.10. The zero-order chi connectivity index (χ0) is 21.3. The van der Waals surface area contributed by atoms with Gasteiger partial charge in [-0.15, -0.1) is 20.4 Å². The van der Waals surface area contributed by atoms with Gasteiger partial charge in [0.1, 0.15) is 0 Å². The molecule has 0 fully saturated rings. The van der Waals surface area contributed by atoms with Gasteiger partial charge in [-0.05, 0) is 21.5 Å². The maximum atomic E-state index is 9.72. The highest BCUT2D eigenvalue weighted by Crippen LogP contribution is 2.19. The lowest BCUT2D eigenvalue weighted by molar-refractivity contribution is 0.150. The molecular weight excluding hydrogens is 396 g/mol. The van der Waals surface area contributed by atoms with Crippen LogP contribution in [-0.2, 0) is 13.1 Å². The molecule has 1 aromatic carbocycles. The predicted molar refractivity (Wildman–Crippen MR) is 100 cm³/mol. The number of hydrogen-bond acceptors (Lipinski definition) is 10. The summed E-state index contributed by atoms with van der Waals surface area (Å²) in [5.41, 5.74) is 17.9. The lowest BCUT2D eigenvalue weighted by Gasteiger charge is -2.04. The minimum absolute atomic E-state index is 0.0443. The Bertz CT molecular complexity index is 977. The van der Waals surface area contributed by atoms with Crippen LogP contribution in [0.25, 0.3) is 43.7 Å². The number of tetrazole rings is 2. The van der Waals surface area contributed by atoms with Gasteiger partial charge in [0.25, 0.3) is 0 Å². The maximum absolute atomic E-state index is 9.72. The van der Waals surface area contributed by atoms with E-state index in [0.717, 1.165) is 0 Å². The van der Waals surface area contributed by atoms with Crippen LogP contribution >= 0.6 is 0 Å². The lowest BCUT2D eigenvalue weighted by atomic mass is 10.1. The molecule has 0 bridgehead atoms.